The predicted octanol–water partition coefficient (Wildman–Crippen LogP) is 7.41. The Hall–Kier alpha value is -1.60. The molecular weight excluding hydrogens is 340 g/mol. The van der Waals surface area contributed by atoms with E-state index in [0.29, 0.717) is 0 Å². The SMILES string of the molecule is CC.CCc1c(C)cc(C(C)(C)c2cc(C)c(CC(C)OC)c(C)c2)cc1C. The van der Waals surface area contributed by atoms with Crippen molar-refractivity contribution in [2.45, 2.75) is 93.6 Å². The second-order valence-electron chi connectivity index (χ2n) is 8.41. The average molecular weight is 383 g/mol. The van der Waals surface area contributed by atoms with E-state index in [1.54, 1.807) is 7.11 Å². The molecule has 0 spiro atoms. The maximum Gasteiger partial charge on any atom is 0.0583 e. The lowest BCUT2D eigenvalue weighted by atomic mass is 9.75. The van der Waals surface area contributed by atoms with Gasteiger partial charge in [-0.15, -0.1) is 0 Å². The molecule has 2 aromatic rings. The third-order valence-corrected chi connectivity index (χ3v) is 6.08. The van der Waals surface area contributed by atoms with Crippen molar-refractivity contribution in [2.24, 2.45) is 0 Å². The Morgan fingerprint density at radius 2 is 1.14 bits per heavy atom. The van der Waals surface area contributed by atoms with E-state index in [9.17, 15) is 0 Å². The van der Waals surface area contributed by atoms with Gasteiger partial charge < -0.3 is 4.74 Å². The van der Waals surface area contributed by atoms with Crippen molar-refractivity contribution in [3.63, 3.8) is 0 Å². The molecule has 0 radical (unpaired) electrons. The fraction of sp³-hybridized carbons (Fsp3) is 0.556. The predicted molar refractivity (Wildman–Crippen MR) is 125 cm³/mol. The molecule has 1 unspecified atom stereocenters. The highest BCUT2D eigenvalue weighted by molar-refractivity contribution is 5.48. The van der Waals surface area contributed by atoms with Gasteiger partial charge in [0.15, 0.2) is 0 Å². The highest BCUT2D eigenvalue weighted by Crippen LogP contribution is 2.36. The third kappa shape index (κ3) is 5.26. The number of methoxy groups -OCH3 is 1. The van der Waals surface area contributed by atoms with E-state index in [2.05, 4.69) is 79.7 Å². The second kappa shape index (κ2) is 10.3. The molecule has 0 bridgehead atoms. The molecule has 0 saturated heterocycles. The molecule has 0 fully saturated rings. The van der Waals surface area contributed by atoms with E-state index in [1.165, 1.54) is 44.5 Å². The zero-order chi connectivity index (χ0) is 21.6. The molecule has 0 aliphatic carbocycles. The first-order chi connectivity index (χ1) is 13.1. The first kappa shape index (κ1) is 24.4. The van der Waals surface area contributed by atoms with Gasteiger partial charge in [-0.25, -0.2) is 0 Å². The summed E-state index contributed by atoms with van der Waals surface area (Å²) >= 11 is 0. The standard InChI is InChI=1S/C25H36O.C2H6/c1-10-23-16(2)11-21(12-17(23)3)25(7,8)22-13-18(4)24(19(5)14-22)15-20(6)26-9;1-2/h11-14,20H,10,15H2,1-9H3;1-2H3. The highest BCUT2D eigenvalue weighted by atomic mass is 16.5. The van der Waals surface area contributed by atoms with Crippen molar-refractivity contribution in [3.05, 3.63) is 68.8 Å². The van der Waals surface area contributed by atoms with Crippen LogP contribution in [0.15, 0.2) is 24.3 Å². The number of benzene rings is 2. The summed E-state index contributed by atoms with van der Waals surface area (Å²) in [5, 5.41) is 0. The van der Waals surface area contributed by atoms with Gasteiger partial charge in [0.05, 0.1) is 6.10 Å². The van der Waals surface area contributed by atoms with Crippen LogP contribution in [0.5, 0.6) is 0 Å². The van der Waals surface area contributed by atoms with Crippen molar-refractivity contribution in [3.8, 4) is 0 Å². The minimum atomic E-state index is -0.0112. The van der Waals surface area contributed by atoms with Gasteiger partial charge in [0.25, 0.3) is 0 Å². The lowest BCUT2D eigenvalue weighted by molar-refractivity contribution is 0.118. The number of ether oxygens (including phenoxy) is 1. The Bertz CT molecular complexity index is 737. The maximum absolute atomic E-state index is 5.48. The summed E-state index contributed by atoms with van der Waals surface area (Å²) in [6.07, 6.45) is 2.32. The Kier molecular flexibility index (Phi) is 8.95. The van der Waals surface area contributed by atoms with Crippen LogP contribution in [0, 0.1) is 27.7 Å². The van der Waals surface area contributed by atoms with Gasteiger partial charge in [0, 0.05) is 12.5 Å². The zero-order valence-electron chi connectivity index (χ0n) is 20.2. The molecule has 156 valence electrons. The van der Waals surface area contributed by atoms with Crippen LogP contribution in [0.3, 0.4) is 0 Å². The minimum Gasteiger partial charge on any atom is -0.381 e. The van der Waals surface area contributed by atoms with Crippen molar-refractivity contribution >= 4 is 0 Å². The Morgan fingerprint density at radius 3 is 1.46 bits per heavy atom. The highest BCUT2D eigenvalue weighted by Gasteiger charge is 2.25. The quantitative estimate of drug-likeness (QED) is 0.505. The molecular formula is C27H42O. The smallest absolute Gasteiger partial charge is 0.0583 e. The Balaban J connectivity index is 0.00000190. The van der Waals surface area contributed by atoms with Crippen LogP contribution in [0.25, 0.3) is 0 Å². The molecule has 1 heteroatoms. The van der Waals surface area contributed by atoms with Crippen LogP contribution >= 0.6 is 0 Å². The molecule has 0 heterocycles. The fourth-order valence-corrected chi connectivity index (χ4v) is 4.13. The molecule has 0 aliphatic rings. The number of hydrogen-bond donors (Lipinski definition) is 0. The molecule has 2 rings (SSSR count). The topological polar surface area (TPSA) is 9.23 Å². The van der Waals surface area contributed by atoms with Crippen LogP contribution in [0.1, 0.15) is 86.1 Å². The Labute approximate surface area is 174 Å². The van der Waals surface area contributed by atoms with Crippen molar-refractivity contribution in [1.29, 1.82) is 0 Å². The number of rotatable bonds is 6. The van der Waals surface area contributed by atoms with Crippen LogP contribution in [-0.4, -0.2) is 13.2 Å². The Morgan fingerprint density at radius 1 is 0.786 bits per heavy atom. The largest absolute Gasteiger partial charge is 0.381 e. The van der Waals surface area contributed by atoms with E-state index in [4.69, 9.17) is 4.74 Å². The summed E-state index contributed by atoms with van der Waals surface area (Å²) in [5.41, 5.74) is 11.3. The van der Waals surface area contributed by atoms with Crippen molar-refractivity contribution < 1.29 is 4.74 Å². The molecule has 28 heavy (non-hydrogen) atoms. The summed E-state index contributed by atoms with van der Waals surface area (Å²) in [6, 6.07) is 9.53. The van der Waals surface area contributed by atoms with Crippen LogP contribution < -0.4 is 0 Å². The van der Waals surface area contributed by atoms with Gasteiger partial charge in [0.1, 0.15) is 0 Å². The van der Waals surface area contributed by atoms with Crippen LogP contribution in [0.2, 0.25) is 0 Å². The lowest BCUT2D eigenvalue weighted by Crippen LogP contribution is -2.21. The van der Waals surface area contributed by atoms with Gasteiger partial charge in [-0.2, -0.15) is 0 Å². The molecule has 1 atom stereocenters. The van der Waals surface area contributed by atoms with Crippen molar-refractivity contribution in [2.75, 3.05) is 7.11 Å². The molecule has 0 N–H and O–H groups in total. The molecule has 2 aromatic carbocycles. The summed E-state index contributed by atoms with van der Waals surface area (Å²) in [4.78, 5) is 0. The van der Waals surface area contributed by atoms with Crippen molar-refractivity contribution in [1.82, 2.24) is 0 Å². The normalized spacial score (nSPS) is 12.4. The van der Waals surface area contributed by atoms with Gasteiger partial charge in [0.2, 0.25) is 0 Å². The third-order valence-electron chi connectivity index (χ3n) is 6.08. The fourth-order valence-electron chi connectivity index (χ4n) is 4.13. The number of hydrogen-bond acceptors (Lipinski definition) is 1. The summed E-state index contributed by atoms with van der Waals surface area (Å²) in [6.45, 7) is 22.0. The second-order valence-corrected chi connectivity index (χ2v) is 8.41. The van der Waals surface area contributed by atoms with Gasteiger partial charge in [-0.05, 0) is 92.0 Å². The average Bonchev–Trinajstić information content (AvgIpc) is 2.65. The number of aryl methyl sites for hydroxylation is 4. The van der Waals surface area contributed by atoms with Gasteiger partial charge in [-0.3, -0.25) is 0 Å². The van der Waals surface area contributed by atoms with Gasteiger partial charge in [-0.1, -0.05) is 58.9 Å². The summed E-state index contributed by atoms with van der Waals surface area (Å²) < 4.78 is 5.48. The molecule has 0 saturated carbocycles. The van der Waals surface area contributed by atoms with Crippen LogP contribution in [-0.2, 0) is 23.0 Å². The molecule has 0 amide bonds. The van der Waals surface area contributed by atoms with E-state index in [-0.39, 0.29) is 11.5 Å². The first-order valence-electron chi connectivity index (χ1n) is 10.9. The molecule has 1 nitrogen and oxygen atoms in total. The maximum atomic E-state index is 5.48. The summed E-state index contributed by atoms with van der Waals surface area (Å²) in [7, 11) is 1.79. The first-order valence-corrected chi connectivity index (χ1v) is 10.9. The lowest BCUT2D eigenvalue weighted by Gasteiger charge is -2.29. The minimum absolute atomic E-state index is 0.0112. The van der Waals surface area contributed by atoms with Crippen LogP contribution in [0.4, 0.5) is 0 Å². The molecule has 0 aromatic heterocycles. The summed E-state index contributed by atoms with van der Waals surface area (Å²) in [5.74, 6) is 0. The van der Waals surface area contributed by atoms with Gasteiger partial charge >= 0.3 is 0 Å². The zero-order valence-corrected chi connectivity index (χ0v) is 20.2. The van der Waals surface area contributed by atoms with E-state index < -0.39 is 0 Å². The molecule has 0 aliphatic heterocycles. The monoisotopic (exact) mass is 382 g/mol. The van der Waals surface area contributed by atoms with E-state index in [1.807, 2.05) is 13.8 Å². The van der Waals surface area contributed by atoms with E-state index in [0.717, 1.165) is 12.8 Å². The van der Waals surface area contributed by atoms with E-state index >= 15 is 0 Å².